The molecule has 0 amide bonds. The maximum atomic E-state index is 4.98. The number of hydrogen-bond donors (Lipinski definition) is 0. The fourth-order valence-corrected chi connectivity index (χ4v) is 8.02. The third-order valence-electron chi connectivity index (χ3n) is 6.56. The van der Waals surface area contributed by atoms with Gasteiger partial charge in [-0.1, -0.05) is 0 Å². The van der Waals surface area contributed by atoms with Gasteiger partial charge in [0.15, 0.2) is 0 Å². The van der Waals surface area contributed by atoms with E-state index in [0.717, 1.165) is 22.3 Å². The molecule has 3 nitrogen and oxygen atoms in total. The minimum absolute atomic E-state index is 0.393. The van der Waals surface area contributed by atoms with E-state index in [1.165, 1.54) is 23.1 Å². The molecule has 0 radical (unpaired) electrons. The molecule has 0 unspecified atom stereocenters. The van der Waals surface area contributed by atoms with E-state index in [9.17, 15) is 0 Å². The Morgan fingerprint density at radius 1 is 0.378 bits per heavy atom. The summed E-state index contributed by atoms with van der Waals surface area (Å²) in [5.74, 6) is 2.04. The van der Waals surface area contributed by atoms with Crippen LogP contribution in [0, 0.1) is 0 Å². The van der Waals surface area contributed by atoms with E-state index < -0.39 is 20.4 Å². The third-order valence-corrected chi connectivity index (χ3v) is 9.79. The standard InChI is InChI=1S/C33H21N3Te/c1-3-11-22(12-4-1)31-34-32(23-13-5-2-6-14-23)36-33(35-31)28-17-8-7-15-25(28)24-19-20-27-26-16-9-10-18-29(26)37-30(27)21-24/h1-21H. The van der Waals surface area contributed by atoms with Gasteiger partial charge in [0.05, 0.1) is 0 Å². The molecule has 0 spiro atoms. The second-order valence-electron chi connectivity index (χ2n) is 8.89. The zero-order valence-electron chi connectivity index (χ0n) is 19.9. The van der Waals surface area contributed by atoms with Crippen molar-refractivity contribution in [2.75, 3.05) is 0 Å². The van der Waals surface area contributed by atoms with E-state index in [1.807, 2.05) is 60.7 Å². The van der Waals surface area contributed by atoms with Gasteiger partial charge in [-0.15, -0.1) is 0 Å². The van der Waals surface area contributed by atoms with Gasteiger partial charge < -0.3 is 0 Å². The van der Waals surface area contributed by atoms with Crippen LogP contribution >= 0.6 is 0 Å². The summed E-state index contributed by atoms with van der Waals surface area (Å²) >= 11 is -0.393. The van der Waals surface area contributed by atoms with Gasteiger partial charge in [-0.3, -0.25) is 0 Å². The van der Waals surface area contributed by atoms with Crippen molar-refractivity contribution in [2.24, 2.45) is 0 Å². The molecule has 174 valence electrons. The van der Waals surface area contributed by atoms with Crippen LogP contribution in [-0.4, -0.2) is 35.4 Å². The second kappa shape index (κ2) is 9.41. The molecule has 0 aliphatic heterocycles. The number of nitrogens with zero attached hydrogens (tertiary/aromatic N) is 3. The van der Waals surface area contributed by atoms with E-state index in [2.05, 4.69) is 66.7 Å². The van der Waals surface area contributed by atoms with Crippen molar-refractivity contribution in [3.63, 3.8) is 0 Å². The topological polar surface area (TPSA) is 38.7 Å². The van der Waals surface area contributed by atoms with Crippen LogP contribution in [0.25, 0.3) is 62.9 Å². The van der Waals surface area contributed by atoms with Crippen molar-refractivity contribution in [1.82, 2.24) is 15.0 Å². The summed E-state index contributed by atoms with van der Waals surface area (Å²) in [7, 11) is 0. The average molecular weight is 587 g/mol. The Morgan fingerprint density at radius 2 is 0.919 bits per heavy atom. The summed E-state index contributed by atoms with van der Waals surface area (Å²) in [6.45, 7) is 0. The second-order valence-corrected chi connectivity index (χ2v) is 12.0. The molecule has 0 N–H and O–H groups in total. The van der Waals surface area contributed by atoms with E-state index in [1.54, 1.807) is 0 Å². The Kier molecular flexibility index (Phi) is 5.63. The fraction of sp³-hybridized carbons (Fsp3) is 0. The van der Waals surface area contributed by atoms with Crippen molar-refractivity contribution in [3.8, 4) is 45.3 Å². The first-order valence-corrected chi connectivity index (χ1v) is 14.5. The molecule has 4 heteroatoms. The quantitative estimate of drug-likeness (QED) is 0.197. The molecule has 7 aromatic rings. The minimum atomic E-state index is -0.393. The molecular formula is C33H21N3Te. The van der Waals surface area contributed by atoms with Gasteiger partial charge >= 0.3 is 226 Å². The van der Waals surface area contributed by atoms with Crippen LogP contribution in [0.1, 0.15) is 0 Å². The van der Waals surface area contributed by atoms with Crippen molar-refractivity contribution >= 4 is 38.0 Å². The van der Waals surface area contributed by atoms with Crippen molar-refractivity contribution in [1.29, 1.82) is 0 Å². The van der Waals surface area contributed by atoms with E-state index in [-0.39, 0.29) is 0 Å². The average Bonchev–Trinajstić information content (AvgIpc) is 3.36. The first-order chi connectivity index (χ1) is 18.3. The number of aromatic nitrogens is 3. The first-order valence-electron chi connectivity index (χ1n) is 12.2. The van der Waals surface area contributed by atoms with E-state index in [4.69, 9.17) is 15.0 Å². The first kappa shape index (κ1) is 22.1. The molecule has 2 heterocycles. The monoisotopic (exact) mass is 589 g/mol. The van der Waals surface area contributed by atoms with Crippen LogP contribution in [0.5, 0.6) is 0 Å². The summed E-state index contributed by atoms with van der Waals surface area (Å²) in [5, 5.41) is 2.79. The van der Waals surface area contributed by atoms with Gasteiger partial charge in [0.2, 0.25) is 0 Å². The van der Waals surface area contributed by atoms with Gasteiger partial charge in [-0.25, -0.2) is 0 Å². The molecular weight excluding hydrogens is 566 g/mol. The number of fused-ring (bicyclic) bond motifs is 3. The van der Waals surface area contributed by atoms with Gasteiger partial charge in [0.1, 0.15) is 0 Å². The van der Waals surface area contributed by atoms with E-state index >= 15 is 0 Å². The zero-order valence-corrected chi connectivity index (χ0v) is 22.2. The van der Waals surface area contributed by atoms with Crippen LogP contribution in [0.15, 0.2) is 127 Å². The summed E-state index contributed by atoms with van der Waals surface area (Å²) < 4.78 is 3.01. The fourth-order valence-electron chi connectivity index (χ4n) is 4.75. The molecule has 0 saturated carbocycles. The zero-order chi connectivity index (χ0) is 24.6. The van der Waals surface area contributed by atoms with Crippen LogP contribution in [0.3, 0.4) is 0 Å². The Morgan fingerprint density at radius 3 is 1.62 bits per heavy atom. The predicted octanol–water partition coefficient (Wildman–Crippen LogP) is 7.90. The van der Waals surface area contributed by atoms with Crippen LogP contribution < -0.4 is 0 Å². The van der Waals surface area contributed by atoms with Crippen LogP contribution in [0.2, 0.25) is 0 Å². The molecule has 2 aromatic heterocycles. The van der Waals surface area contributed by atoms with Gasteiger partial charge in [-0.05, 0) is 0 Å². The summed E-state index contributed by atoms with van der Waals surface area (Å²) in [5.41, 5.74) is 5.30. The normalized spacial score (nSPS) is 11.2. The Balaban J connectivity index is 1.42. The Hall–Kier alpha value is -4.10. The molecule has 5 aromatic carbocycles. The predicted molar refractivity (Wildman–Crippen MR) is 154 cm³/mol. The molecule has 0 saturated heterocycles. The maximum absolute atomic E-state index is 4.98. The van der Waals surface area contributed by atoms with Crippen LogP contribution in [-0.2, 0) is 0 Å². The van der Waals surface area contributed by atoms with Gasteiger partial charge in [0, 0.05) is 0 Å². The number of benzene rings is 5. The summed E-state index contributed by atoms with van der Waals surface area (Å²) in [6, 6.07) is 44.4. The molecule has 7 rings (SSSR count). The molecule has 0 bridgehead atoms. The van der Waals surface area contributed by atoms with E-state index in [0.29, 0.717) is 17.5 Å². The molecule has 0 atom stereocenters. The third kappa shape index (κ3) is 4.15. The summed E-state index contributed by atoms with van der Waals surface area (Å²) in [4.78, 5) is 14.8. The SMILES string of the molecule is c1ccc(-c2nc(-c3ccccc3)nc(-c3ccccc3-c3ccc4c(c3)[te]c3ccccc34)n2)cc1. The Bertz CT molecular complexity index is 1820. The number of rotatable bonds is 4. The van der Waals surface area contributed by atoms with Gasteiger partial charge in [0.25, 0.3) is 0 Å². The van der Waals surface area contributed by atoms with Crippen molar-refractivity contribution in [2.45, 2.75) is 0 Å². The van der Waals surface area contributed by atoms with Crippen molar-refractivity contribution < 1.29 is 0 Å². The molecule has 0 aliphatic rings. The van der Waals surface area contributed by atoms with Crippen LogP contribution in [0.4, 0.5) is 0 Å². The number of hydrogen-bond acceptors (Lipinski definition) is 3. The van der Waals surface area contributed by atoms with Crippen molar-refractivity contribution in [3.05, 3.63) is 127 Å². The molecule has 0 aliphatic carbocycles. The summed E-state index contributed by atoms with van der Waals surface area (Å²) in [6.07, 6.45) is 0. The Labute approximate surface area is 224 Å². The van der Waals surface area contributed by atoms with Gasteiger partial charge in [-0.2, -0.15) is 0 Å². The molecule has 0 fully saturated rings. The molecule has 37 heavy (non-hydrogen) atoms.